The average Bonchev–Trinajstić information content (AvgIpc) is 3.18. The molecule has 1 aliphatic heterocycles. The number of hydrogen-bond acceptors (Lipinski definition) is 3. The molecule has 25 heavy (non-hydrogen) atoms. The molecule has 1 atom stereocenters. The molecule has 1 fully saturated rings. The van der Waals surface area contributed by atoms with Crippen LogP contribution in [0.4, 0.5) is 5.69 Å². The SMILES string of the molecule is CN=C(NCC(C)c1ccsc1)N1CCN(c2ccccc2)CC1.I. The van der Waals surface area contributed by atoms with Crippen LogP contribution in [-0.2, 0) is 0 Å². The standard InChI is InChI=1S/C19H26N4S.HI/c1-16(17-8-13-24-15-17)14-21-19(20-2)23-11-9-22(10-12-23)18-6-4-3-5-7-18;/h3-8,13,15-16H,9-12,14H2,1-2H3,(H,20,21);1H. The number of rotatable bonds is 4. The van der Waals surface area contributed by atoms with Gasteiger partial charge in [-0.05, 0) is 40.4 Å². The van der Waals surface area contributed by atoms with Gasteiger partial charge in [-0.1, -0.05) is 25.1 Å². The highest BCUT2D eigenvalue weighted by Crippen LogP contribution is 2.18. The number of hydrogen-bond donors (Lipinski definition) is 1. The highest BCUT2D eigenvalue weighted by atomic mass is 127. The average molecular weight is 470 g/mol. The van der Waals surface area contributed by atoms with Crippen LogP contribution < -0.4 is 10.2 Å². The second-order valence-electron chi connectivity index (χ2n) is 6.20. The topological polar surface area (TPSA) is 30.9 Å². The molecule has 2 heterocycles. The fourth-order valence-electron chi connectivity index (χ4n) is 3.07. The van der Waals surface area contributed by atoms with Crippen LogP contribution >= 0.6 is 35.3 Å². The summed E-state index contributed by atoms with van der Waals surface area (Å²) in [6, 6.07) is 12.9. The van der Waals surface area contributed by atoms with E-state index in [9.17, 15) is 0 Å². The van der Waals surface area contributed by atoms with E-state index in [0.717, 1.165) is 38.7 Å². The largest absolute Gasteiger partial charge is 0.368 e. The molecule has 0 radical (unpaired) electrons. The first-order valence-corrected chi connectivity index (χ1v) is 9.50. The lowest BCUT2D eigenvalue weighted by Gasteiger charge is -2.37. The van der Waals surface area contributed by atoms with Crippen LogP contribution in [0.3, 0.4) is 0 Å². The van der Waals surface area contributed by atoms with Crippen molar-refractivity contribution in [2.24, 2.45) is 4.99 Å². The van der Waals surface area contributed by atoms with Crippen LogP contribution in [0.2, 0.25) is 0 Å². The Labute approximate surface area is 172 Å². The van der Waals surface area contributed by atoms with E-state index in [-0.39, 0.29) is 24.0 Å². The highest BCUT2D eigenvalue weighted by molar-refractivity contribution is 14.0. The molecule has 1 N–H and O–H groups in total. The molecular weight excluding hydrogens is 443 g/mol. The number of nitrogens with zero attached hydrogens (tertiary/aromatic N) is 3. The van der Waals surface area contributed by atoms with Gasteiger partial charge in [0.2, 0.25) is 0 Å². The van der Waals surface area contributed by atoms with Crippen molar-refractivity contribution < 1.29 is 0 Å². The van der Waals surface area contributed by atoms with Gasteiger partial charge in [-0.25, -0.2) is 0 Å². The fraction of sp³-hybridized carbons (Fsp3) is 0.421. The minimum atomic E-state index is 0. The Balaban J connectivity index is 0.00000225. The molecule has 1 aromatic carbocycles. The third-order valence-corrected chi connectivity index (χ3v) is 5.29. The van der Waals surface area contributed by atoms with E-state index in [0.29, 0.717) is 5.92 Å². The van der Waals surface area contributed by atoms with Gasteiger partial charge in [-0.2, -0.15) is 11.3 Å². The first-order chi connectivity index (χ1) is 11.8. The second kappa shape index (κ2) is 10.0. The van der Waals surface area contributed by atoms with Crippen molar-refractivity contribution in [2.75, 3.05) is 44.7 Å². The zero-order chi connectivity index (χ0) is 16.8. The molecule has 1 aromatic heterocycles. The Morgan fingerprint density at radius 1 is 1.16 bits per heavy atom. The Bertz CT molecular complexity index is 637. The van der Waals surface area contributed by atoms with E-state index in [1.165, 1.54) is 11.3 Å². The molecule has 0 bridgehead atoms. The van der Waals surface area contributed by atoms with Crippen molar-refractivity contribution in [3.05, 3.63) is 52.7 Å². The summed E-state index contributed by atoms with van der Waals surface area (Å²) in [5.41, 5.74) is 2.71. The zero-order valence-corrected chi connectivity index (χ0v) is 18.0. The van der Waals surface area contributed by atoms with Crippen molar-refractivity contribution in [1.82, 2.24) is 10.2 Å². The number of benzene rings is 1. The minimum absolute atomic E-state index is 0. The summed E-state index contributed by atoms with van der Waals surface area (Å²) in [7, 11) is 1.88. The van der Waals surface area contributed by atoms with Crippen LogP contribution in [0.5, 0.6) is 0 Å². The zero-order valence-electron chi connectivity index (χ0n) is 14.9. The summed E-state index contributed by atoms with van der Waals surface area (Å²) in [5.74, 6) is 1.52. The second-order valence-corrected chi connectivity index (χ2v) is 6.98. The lowest BCUT2D eigenvalue weighted by Crippen LogP contribution is -2.53. The maximum Gasteiger partial charge on any atom is 0.193 e. The first-order valence-electron chi connectivity index (χ1n) is 8.55. The molecule has 0 spiro atoms. The highest BCUT2D eigenvalue weighted by Gasteiger charge is 2.20. The van der Waals surface area contributed by atoms with Crippen LogP contribution in [0.1, 0.15) is 18.4 Å². The van der Waals surface area contributed by atoms with Crippen molar-refractivity contribution in [3.8, 4) is 0 Å². The van der Waals surface area contributed by atoms with E-state index < -0.39 is 0 Å². The molecule has 1 aliphatic rings. The summed E-state index contributed by atoms with van der Waals surface area (Å²) in [6.07, 6.45) is 0. The first kappa shape index (κ1) is 20.0. The molecule has 136 valence electrons. The molecule has 0 amide bonds. The summed E-state index contributed by atoms with van der Waals surface area (Å²) in [6.45, 7) is 7.25. The molecular formula is C19H27IN4S. The molecule has 3 rings (SSSR count). The lowest BCUT2D eigenvalue weighted by molar-refractivity contribution is 0.372. The summed E-state index contributed by atoms with van der Waals surface area (Å²) >= 11 is 1.76. The van der Waals surface area contributed by atoms with E-state index in [1.54, 1.807) is 11.3 Å². The van der Waals surface area contributed by atoms with Gasteiger partial charge in [0.25, 0.3) is 0 Å². The minimum Gasteiger partial charge on any atom is -0.368 e. The smallest absolute Gasteiger partial charge is 0.193 e. The van der Waals surface area contributed by atoms with E-state index in [4.69, 9.17) is 0 Å². The lowest BCUT2D eigenvalue weighted by atomic mass is 10.1. The van der Waals surface area contributed by atoms with Gasteiger partial charge in [0.05, 0.1) is 0 Å². The number of piperazine rings is 1. The number of para-hydroxylation sites is 1. The normalized spacial score (nSPS) is 16.3. The fourth-order valence-corrected chi connectivity index (χ4v) is 3.85. The van der Waals surface area contributed by atoms with Gasteiger partial charge < -0.3 is 15.1 Å². The molecule has 0 saturated carbocycles. The number of thiophene rings is 1. The van der Waals surface area contributed by atoms with Gasteiger partial charge >= 0.3 is 0 Å². The van der Waals surface area contributed by atoms with E-state index >= 15 is 0 Å². The van der Waals surface area contributed by atoms with Gasteiger partial charge in [0, 0.05) is 45.5 Å². The molecule has 6 heteroatoms. The van der Waals surface area contributed by atoms with E-state index in [2.05, 4.69) is 74.2 Å². The van der Waals surface area contributed by atoms with Crippen LogP contribution in [-0.4, -0.2) is 50.6 Å². The van der Waals surface area contributed by atoms with Crippen LogP contribution in [0.25, 0.3) is 0 Å². The summed E-state index contributed by atoms with van der Waals surface area (Å²) < 4.78 is 0. The van der Waals surface area contributed by atoms with Crippen molar-refractivity contribution in [3.63, 3.8) is 0 Å². The van der Waals surface area contributed by atoms with Gasteiger partial charge in [0.15, 0.2) is 5.96 Å². The molecule has 1 unspecified atom stereocenters. The number of nitrogens with one attached hydrogen (secondary N) is 1. The monoisotopic (exact) mass is 470 g/mol. The van der Waals surface area contributed by atoms with Gasteiger partial charge in [-0.15, -0.1) is 24.0 Å². The van der Waals surface area contributed by atoms with Crippen molar-refractivity contribution in [2.45, 2.75) is 12.8 Å². The van der Waals surface area contributed by atoms with Crippen molar-refractivity contribution >= 4 is 47.0 Å². The molecule has 0 aliphatic carbocycles. The van der Waals surface area contributed by atoms with Crippen LogP contribution in [0, 0.1) is 0 Å². The third-order valence-electron chi connectivity index (χ3n) is 4.59. The Hall–Kier alpha value is -1.28. The molecule has 1 saturated heterocycles. The Morgan fingerprint density at radius 3 is 2.48 bits per heavy atom. The van der Waals surface area contributed by atoms with Crippen molar-refractivity contribution in [1.29, 1.82) is 0 Å². The predicted molar refractivity (Wildman–Crippen MR) is 120 cm³/mol. The van der Waals surface area contributed by atoms with Gasteiger partial charge in [-0.3, -0.25) is 4.99 Å². The third kappa shape index (κ3) is 5.34. The number of guanidine groups is 1. The molecule has 4 nitrogen and oxygen atoms in total. The van der Waals surface area contributed by atoms with Gasteiger partial charge in [0.1, 0.15) is 0 Å². The quantitative estimate of drug-likeness (QED) is 0.418. The maximum atomic E-state index is 4.48. The number of aliphatic imine (C=N–C) groups is 1. The maximum absolute atomic E-state index is 4.48. The van der Waals surface area contributed by atoms with Crippen LogP contribution in [0.15, 0.2) is 52.2 Å². The summed E-state index contributed by atoms with van der Waals surface area (Å²) in [4.78, 5) is 9.28. The molecule has 2 aromatic rings. The Morgan fingerprint density at radius 2 is 1.88 bits per heavy atom. The predicted octanol–water partition coefficient (Wildman–Crippen LogP) is 3.87. The van der Waals surface area contributed by atoms with E-state index in [1.807, 2.05) is 7.05 Å². The number of anilines is 1. The number of halogens is 1. The Kier molecular flexibility index (Phi) is 8.02. The summed E-state index contributed by atoms with van der Waals surface area (Å²) in [5, 5.41) is 7.92.